The summed E-state index contributed by atoms with van der Waals surface area (Å²) in [5.41, 5.74) is 0.725. The van der Waals surface area contributed by atoms with Gasteiger partial charge in [0.05, 0.1) is 23.8 Å². The highest BCUT2D eigenvalue weighted by atomic mass is 32.2. The predicted molar refractivity (Wildman–Crippen MR) is 107 cm³/mol. The Morgan fingerprint density at radius 1 is 1.36 bits per heavy atom. The third-order valence-electron chi connectivity index (χ3n) is 5.03. The van der Waals surface area contributed by atoms with Crippen LogP contribution in [0.2, 0.25) is 0 Å². The van der Waals surface area contributed by atoms with Gasteiger partial charge < -0.3 is 9.64 Å². The Kier molecular flexibility index (Phi) is 6.90. The number of nitrogens with zero attached hydrogens (tertiary/aromatic N) is 3. The van der Waals surface area contributed by atoms with Gasteiger partial charge in [-0.3, -0.25) is 24.6 Å². The highest BCUT2D eigenvalue weighted by Crippen LogP contribution is 2.37. The molecule has 0 aromatic heterocycles. The highest BCUT2D eigenvalue weighted by molar-refractivity contribution is 7.99. The maximum atomic E-state index is 13.0. The molecule has 2 aliphatic rings. The van der Waals surface area contributed by atoms with Crippen LogP contribution in [0.15, 0.2) is 23.1 Å². The lowest BCUT2D eigenvalue weighted by Crippen LogP contribution is -2.46. The van der Waals surface area contributed by atoms with Crippen LogP contribution in [0.4, 0.5) is 11.4 Å². The molecule has 0 N–H and O–H groups in total. The molecular formula is C19H25N3O5S. The molecule has 0 spiro atoms. The molecule has 1 aromatic carbocycles. The number of nitro groups is 1. The van der Waals surface area contributed by atoms with Crippen molar-refractivity contribution >= 4 is 35.0 Å². The fourth-order valence-corrected chi connectivity index (χ4v) is 4.56. The van der Waals surface area contributed by atoms with Gasteiger partial charge in [0.2, 0.25) is 5.91 Å². The van der Waals surface area contributed by atoms with Gasteiger partial charge in [-0.1, -0.05) is 13.3 Å². The second-order valence-corrected chi connectivity index (χ2v) is 8.09. The average Bonchev–Trinajstić information content (AvgIpc) is 3.15. The third kappa shape index (κ3) is 4.64. The van der Waals surface area contributed by atoms with Gasteiger partial charge in [0.25, 0.3) is 5.69 Å². The first-order valence-corrected chi connectivity index (χ1v) is 10.6. The number of ether oxygens (including phenoxy) is 1. The van der Waals surface area contributed by atoms with E-state index in [0.29, 0.717) is 37.6 Å². The molecule has 1 unspecified atom stereocenters. The number of likely N-dealkylation sites (tertiary alicyclic amines) is 1. The lowest BCUT2D eigenvalue weighted by Gasteiger charge is -2.31. The number of unbranched alkanes of at least 4 members (excludes halogenated alkanes) is 1. The van der Waals surface area contributed by atoms with E-state index in [1.165, 1.54) is 23.9 Å². The van der Waals surface area contributed by atoms with E-state index in [4.69, 9.17) is 4.74 Å². The van der Waals surface area contributed by atoms with Crippen LogP contribution >= 0.6 is 11.8 Å². The van der Waals surface area contributed by atoms with E-state index in [9.17, 15) is 19.7 Å². The minimum Gasteiger partial charge on any atom is -0.465 e. The SMILES string of the molecule is CCCCOC(=O)C1CCCN1CC(=O)N1CCSc2cc([N+](=O)[O-])ccc21. The van der Waals surface area contributed by atoms with Crippen molar-refractivity contribution in [2.45, 2.75) is 43.5 Å². The van der Waals surface area contributed by atoms with Gasteiger partial charge in [0, 0.05) is 29.3 Å². The molecule has 9 heteroatoms. The summed E-state index contributed by atoms with van der Waals surface area (Å²) in [7, 11) is 0. The number of nitro benzene ring substituents is 1. The number of esters is 1. The lowest BCUT2D eigenvalue weighted by molar-refractivity contribution is -0.385. The number of carbonyl (C=O) groups excluding carboxylic acids is 2. The molecule has 1 saturated heterocycles. The molecule has 1 amide bonds. The Morgan fingerprint density at radius 3 is 2.93 bits per heavy atom. The Bertz CT molecular complexity index is 757. The zero-order valence-corrected chi connectivity index (χ0v) is 16.8. The maximum absolute atomic E-state index is 13.0. The van der Waals surface area contributed by atoms with E-state index in [-0.39, 0.29) is 30.2 Å². The molecule has 0 bridgehead atoms. The fraction of sp³-hybridized carbons (Fsp3) is 0.579. The van der Waals surface area contributed by atoms with Crippen molar-refractivity contribution in [1.82, 2.24) is 4.90 Å². The molecule has 1 fully saturated rings. The van der Waals surface area contributed by atoms with E-state index >= 15 is 0 Å². The first-order valence-electron chi connectivity index (χ1n) is 9.63. The fourth-order valence-electron chi connectivity index (χ4n) is 3.54. The number of anilines is 1. The zero-order chi connectivity index (χ0) is 20.1. The van der Waals surface area contributed by atoms with E-state index in [0.717, 1.165) is 24.2 Å². The standard InChI is InChI=1S/C19H25N3O5S/c1-2-3-10-27-19(24)16-5-4-8-20(16)13-18(23)21-9-11-28-17-12-14(22(25)26)6-7-15(17)21/h6-7,12,16H,2-5,8-11,13H2,1H3. The van der Waals surface area contributed by atoms with Crippen molar-refractivity contribution in [3.05, 3.63) is 28.3 Å². The number of hydrogen-bond donors (Lipinski definition) is 0. The van der Waals surface area contributed by atoms with Crippen molar-refractivity contribution in [3.8, 4) is 0 Å². The normalized spacial score (nSPS) is 19.3. The Hall–Kier alpha value is -2.13. The highest BCUT2D eigenvalue weighted by Gasteiger charge is 2.35. The van der Waals surface area contributed by atoms with Crippen LogP contribution in [-0.4, -0.2) is 59.7 Å². The summed E-state index contributed by atoms with van der Waals surface area (Å²) in [5, 5.41) is 11.0. The Labute approximate surface area is 168 Å². The average molecular weight is 407 g/mol. The molecule has 1 atom stereocenters. The van der Waals surface area contributed by atoms with Crippen LogP contribution in [0, 0.1) is 10.1 Å². The first-order chi connectivity index (χ1) is 13.5. The molecule has 1 aromatic rings. The summed E-state index contributed by atoms with van der Waals surface area (Å²) in [5.74, 6) is 0.343. The number of amides is 1. The van der Waals surface area contributed by atoms with Gasteiger partial charge in [-0.25, -0.2) is 0 Å². The lowest BCUT2D eigenvalue weighted by atomic mass is 10.2. The topological polar surface area (TPSA) is 93.0 Å². The summed E-state index contributed by atoms with van der Waals surface area (Å²) in [6.45, 7) is 3.85. The molecule has 28 heavy (non-hydrogen) atoms. The molecule has 0 aliphatic carbocycles. The van der Waals surface area contributed by atoms with Crippen LogP contribution in [0.1, 0.15) is 32.6 Å². The quantitative estimate of drug-likeness (QED) is 0.297. The summed E-state index contributed by atoms with van der Waals surface area (Å²) >= 11 is 1.51. The van der Waals surface area contributed by atoms with E-state index in [1.54, 1.807) is 11.0 Å². The molecular weight excluding hydrogens is 382 g/mol. The van der Waals surface area contributed by atoms with E-state index in [1.807, 2.05) is 11.8 Å². The first kappa shape index (κ1) is 20.6. The van der Waals surface area contributed by atoms with Gasteiger partial charge in [0.15, 0.2) is 0 Å². The Morgan fingerprint density at radius 2 is 2.18 bits per heavy atom. The van der Waals surface area contributed by atoms with Gasteiger partial charge in [-0.2, -0.15) is 0 Å². The van der Waals surface area contributed by atoms with Crippen LogP contribution in [0.3, 0.4) is 0 Å². The van der Waals surface area contributed by atoms with Crippen molar-refractivity contribution in [3.63, 3.8) is 0 Å². The molecule has 3 rings (SSSR count). The number of non-ortho nitro benzene ring substituents is 1. The van der Waals surface area contributed by atoms with Crippen LogP contribution in [0.25, 0.3) is 0 Å². The number of hydrogen-bond acceptors (Lipinski definition) is 7. The molecule has 8 nitrogen and oxygen atoms in total. The van der Waals surface area contributed by atoms with Crippen molar-refractivity contribution in [1.29, 1.82) is 0 Å². The summed E-state index contributed by atoms with van der Waals surface area (Å²) < 4.78 is 5.34. The second-order valence-electron chi connectivity index (χ2n) is 6.95. The monoisotopic (exact) mass is 407 g/mol. The van der Waals surface area contributed by atoms with Crippen LogP contribution in [-0.2, 0) is 14.3 Å². The number of rotatable bonds is 7. The van der Waals surface area contributed by atoms with Gasteiger partial charge in [0.1, 0.15) is 6.04 Å². The summed E-state index contributed by atoms with van der Waals surface area (Å²) in [6.07, 6.45) is 3.37. The number of benzene rings is 1. The minimum atomic E-state index is -0.430. The van der Waals surface area contributed by atoms with Crippen LogP contribution in [0.5, 0.6) is 0 Å². The minimum absolute atomic E-state index is 0.0231. The van der Waals surface area contributed by atoms with E-state index in [2.05, 4.69) is 0 Å². The van der Waals surface area contributed by atoms with Crippen molar-refractivity contribution in [2.24, 2.45) is 0 Å². The summed E-state index contributed by atoms with van der Waals surface area (Å²) in [6, 6.07) is 4.21. The van der Waals surface area contributed by atoms with Crippen LogP contribution < -0.4 is 4.90 Å². The largest absolute Gasteiger partial charge is 0.465 e. The van der Waals surface area contributed by atoms with Gasteiger partial charge in [-0.05, 0) is 31.9 Å². The smallest absolute Gasteiger partial charge is 0.323 e. The molecule has 0 saturated carbocycles. The zero-order valence-electron chi connectivity index (χ0n) is 16.0. The van der Waals surface area contributed by atoms with Crippen molar-refractivity contribution in [2.75, 3.05) is 36.9 Å². The number of fused-ring (bicyclic) bond motifs is 1. The second kappa shape index (κ2) is 9.38. The molecule has 2 aliphatic heterocycles. The van der Waals surface area contributed by atoms with Gasteiger partial charge >= 0.3 is 5.97 Å². The molecule has 152 valence electrons. The Balaban J connectivity index is 1.66. The number of carbonyl (C=O) groups is 2. The van der Waals surface area contributed by atoms with Crippen molar-refractivity contribution < 1.29 is 19.2 Å². The predicted octanol–water partition coefficient (Wildman–Crippen LogP) is 2.84. The van der Waals surface area contributed by atoms with Gasteiger partial charge in [-0.15, -0.1) is 11.8 Å². The third-order valence-corrected chi connectivity index (χ3v) is 6.06. The molecule has 2 heterocycles. The molecule has 0 radical (unpaired) electrons. The summed E-state index contributed by atoms with van der Waals surface area (Å²) in [4.78, 5) is 40.2. The number of thioether (sulfide) groups is 1. The maximum Gasteiger partial charge on any atom is 0.323 e. The van der Waals surface area contributed by atoms with E-state index < -0.39 is 4.92 Å².